The third-order valence-electron chi connectivity index (χ3n) is 10.0. The third kappa shape index (κ3) is 4.40. The molecule has 5 heteroatoms. The molecule has 3 aliphatic heterocycles. The number of benzene rings is 2. The molecule has 0 saturated carbocycles. The number of para-hydroxylation sites is 2. The molecule has 0 spiro atoms. The number of rotatable bonds is 7. The van der Waals surface area contributed by atoms with Crippen LogP contribution in [0.1, 0.15) is 68.1 Å². The highest BCUT2D eigenvalue weighted by molar-refractivity contribution is 5.76. The van der Waals surface area contributed by atoms with Crippen molar-refractivity contribution in [3.63, 3.8) is 0 Å². The summed E-state index contributed by atoms with van der Waals surface area (Å²) in [7, 11) is 0. The summed E-state index contributed by atoms with van der Waals surface area (Å²) in [4.78, 5) is 10.4. The van der Waals surface area contributed by atoms with E-state index in [2.05, 4.69) is 82.0 Å². The fourth-order valence-corrected chi connectivity index (χ4v) is 8.03. The molecular weight excluding hydrogens is 468 g/mol. The zero-order chi connectivity index (χ0) is 25.5. The average molecular weight is 509 g/mol. The van der Waals surface area contributed by atoms with Gasteiger partial charge >= 0.3 is 0 Å². The first kappa shape index (κ1) is 24.2. The molecule has 3 fully saturated rings. The number of furan rings is 1. The molecule has 3 aliphatic rings. The molecule has 0 N–H and O–H groups in total. The van der Waals surface area contributed by atoms with Crippen LogP contribution in [0.15, 0.2) is 77.4 Å². The Morgan fingerprint density at radius 1 is 0.868 bits per heavy atom. The molecule has 2 atom stereocenters. The van der Waals surface area contributed by atoms with Gasteiger partial charge in [0.05, 0.1) is 23.8 Å². The van der Waals surface area contributed by atoms with Crippen LogP contribution in [-0.2, 0) is 12.0 Å². The molecule has 38 heavy (non-hydrogen) atoms. The first-order valence-electron chi connectivity index (χ1n) is 14.7. The summed E-state index contributed by atoms with van der Waals surface area (Å²) < 4.78 is 8.20. The van der Waals surface area contributed by atoms with Gasteiger partial charge in [-0.05, 0) is 107 Å². The van der Waals surface area contributed by atoms with Crippen LogP contribution in [0, 0.1) is 6.92 Å². The number of piperidine rings is 2. The van der Waals surface area contributed by atoms with Gasteiger partial charge in [-0.1, -0.05) is 42.5 Å². The number of aryl methyl sites for hydroxylation is 1. The van der Waals surface area contributed by atoms with Crippen molar-refractivity contribution in [2.24, 2.45) is 0 Å². The number of fused-ring (bicyclic) bond motifs is 3. The maximum absolute atomic E-state index is 5.64. The average Bonchev–Trinajstić information content (AvgIpc) is 3.64. The largest absolute Gasteiger partial charge is 0.468 e. The number of hydrogen-bond donors (Lipinski definition) is 0. The second-order valence-electron chi connectivity index (χ2n) is 12.0. The second kappa shape index (κ2) is 10.0. The molecule has 5 nitrogen and oxygen atoms in total. The normalized spacial score (nSPS) is 25.8. The van der Waals surface area contributed by atoms with Crippen molar-refractivity contribution in [1.29, 1.82) is 0 Å². The zero-order valence-electron chi connectivity index (χ0n) is 22.6. The molecule has 198 valence electrons. The highest BCUT2D eigenvalue weighted by Crippen LogP contribution is 2.45. The van der Waals surface area contributed by atoms with Crippen LogP contribution in [0.3, 0.4) is 0 Å². The van der Waals surface area contributed by atoms with Gasteiger partial charge in [0, 0.05) is 18.1 Å². The van der Waals surface area contributed by atoms with Crippen molar-refractivity contribution in [3.8, 4) is 0 Å². The molecule has 2 aromatic heterocycles. The molecule has 2 unspecified atom stereocenters. The van der Waals surface area contributed by atoms with Gasteiger partial charge in [0.15, 0.2) is 0 Å². The first-order chi connectivity index (χ1) is 18.7. The minimum Gasteiger partial charge on any atom is -0.468 e. The fourth-order valence-electron chi connectivity index (χ4n) is 8.03. The molecule has 0 amide bonds. The smallest absolute Gasteiger partial charge is 0.117 e. The number of likely N-dealkylation sites (tertiary alicyclic amines) is 1. The molecule has 5 heterocycles. The summed E-state index contributed by atoms with van der Waals surface area (Å²) >= 11 is 0. The SMILES string of the molecule is Cc1nc2ccccc2n1C1CC2CCC(C1)N2CCC1(c2ccccc2)CCN(Cc2ccco2)CC1. The van der Waals surface area contributed by atoms with E-state index < -0.39 is 0 Å². The number of aromatic nitrogens is 2. The number of imidazole rings is 1. The van der Waals surface area contributed by atoms with E-state index >= 15 is 0 Å². The Labute approximate surface area is 226 Å². The van der Waals surface area contributed by atoms with Crippen LogP contribution in [0.2, 0.25) is 0 Å². The van der Waals surface area contributed by atoms with Crippen LogP contribution in [0.4, 0.5) is 0 Å². The lowest BCUT2D eigenvalue weighted by Gasteiger charge is -2.45. The molecular formula is C33H40N4O. The minimum atomic E-state index is 0.272. The van der Waals surface area contributed by atoms with E-state index in [-0.39, 0.29) is 5.41 Å². The Balaban J connectivity index is 1.06. The fraction of sp³-hybridized carbons (Fsp3) is 0.485. The van der Waals surface area contributed by atoms with E-state index in [4.69, 9.17) is 9.40 Å². The highest BCUT2D eigenvalue weighted by Gasteiger charge is 2.44. The van der Waals surface area contributed by atoms with Gasteiger partial charge in [-0.15, -0.1) is 0 Å². The topological polar surface area (TPSA) is 37.4 Å². The lowest BCUT2D eigenvalue weighted by atomic mass is 9.70. The van der Waals surface area contributed by atoms with Gasteiger partial charge in [0.1, 0.15) is 11.6 Å². The van der Waals surface area contributed by atoms with Crippen molar-refractivity contribution in [2.45, 2.75) is 82.0 Å². The molecule has 2 bridgehead atoms. The Bertz CT molecular complexity index is 1340. The van der Waals surface area contributed by atoms with Crippen molar-refractivity contribution >= 4 is 11.0 Å². The van der Waals surface area contributed by atoms with Crippen LogP contribution in [0.5, 0.6) is 0 Å². The molecule has 2 aromatic carbocycles. The zero-order valence-corrected chi connectivity index (χ0v) is 22.6. The van der Waals surface area contributed by atoms with Gasteiger partial charge in [-0.3, -0.25) is 9.80 Å². The van der Waals surface area contributed by atoms with E-state index in [9.17, 15) is 0 Å². The van der Waals surface area contributed by atoms with E-state index in [1.165, 1.54) is 62.8 Å². The van der Waals surface area contributed by atoms with Crippen molar-refractivity contribution in [2.75, 3.05) is 19.6 Å². The van der Waals surface area contributed by atoms with Crippen LogP contribution in [-0.4, -0.2) is 51.1 Å². The molecule has 3 saturated heterocycles. The van der Waals surface area contributed by atoms with Crippen LogP contribution < -0.4 is 0 Å². The Kier molecular flexibility index (Phi) is 6.37. The van der Waals surface area contributed by atoms with Crippen molar-refractivity contribution in [3.05, 3.63) is 90.1 Å². The Morgan fingerprint density at radius 3 is 2.34 bits per heavy atom. The maximum Gasteiger partial charge on any atom is 0.117 e. The van der Waals surface area contributed by atoms with Gasteiger partial charge in [0.25, 0.3) is 0 Å². The second-order valence-corrected chi connectivity index (χ2v) is 12.0. The molecule has 7 rings (SSSR count). The predicted octanol–water partition coefficient (Wildman–Crippen LogP) is 6.73. The summed E-state index contributed by atoms with van der Waals surface area (Å²) in [5.74, 6) is 2.26. The summed E-state index contributed by atoms with van der Waals surface area (Å²) in [5, 5.41) is 0. The number of nitrogens with zero attached hydrogens (tertiary/aromatic N) is 4. The molecule has 4 aromatic rings. The summed E-state index contributed by atoms with van der Waals surface area (Å²) in [6.45, 7) is 6.61. The summed E-state index contributed by atoms with van der Waals surface area (Å²) in [6.07, 6.45) is 10.7. The van der Waals surface area contributed by atoms with Gasteiger partial charge in [0.2, 0.25) is 0 Å². The minimum absolute atomic E-state index is 0.272. The Hall–Kier alpha value is -2.89. The van der Waals surface area contributed by atoms with Crippen molar-refractivity contribution < 1.29 is 4.42 Å². The van der Waals surface area contributed by atoms with E-state index in [1.54, 1.807) is 11.8 Å². The number of hydrogen-bond acceptors (Lipinski definition) is 4. The third-order valence-corrected chi connectivity index (χ3v) is 10.0. The van der Waals surface area contributed by atoms with Crippen LogP contribution >= 0.6 is 0 Å². The standard InChI is InChI=1S/C33H40N4O/c1-25-34-31-11-5-6-12-32(31)37(25)29-22-27-13-14-28(23-29)36(27)20-17-33(26-8-3-2-4-9-26)15-18-35(19-16-33)24-30-10-7-21-38-30/h2-12,21,27-29H,13-20,22-24H2,1H3. The monoisotopic (exact) mass is 508 g/mol. The van der Waals surface area contributed by atoms with Crippen molar-refractivity contribution in [1.82, 2.24) is 19.4 Å². The van der Waals surface area contributed by atoms with E-state index in [0.717, 1.165) is 30.9 Å². The molecule has 0 radical (unpaired) electrons. The highest BCUT2D eigenvalue weighted by atomic mass is 16.3. The summed E-state index contributed by atoms with van der Waals surface area (Å²) in [6, 6.07) is 26.2. The molecule has 0 aliphatic carbocycles. The Morgan fingerprint density at radius 2 is 1.61 bits per heavy atom. The predicted molar refractivity (Wildman–Crippen MR) is 152 cm³/mol. The van der Waals surface area contributed by atoms with Gasteiger partial charge < -0.3 is 8.98 Å². The lowest BCUT2D eigenvalue weighted by Crippen LogP contribution is -2.48. The van der Waals surface area contributed by atoms with E-state index in [1.807, 2.05) is 6.07 Å². The van der Waals surface area contributed by atoms with E-state index in [0.29, 0.717) is 18.1 Å². The van der Waals surface area contributed by atoms with Gasteiger partial charge in [-0.25, -0.2) is 4.98 Å². The lowest BCUT2D eigenvalue weighted by molar-refractivity contribution is 0.0799. The summed E-state index contributed by atoms with van der Waals surface area (Å²) in [5.41, 5.74) is 4.27. The van der Waals surface area contributed by atoms with Crippen LogP contribution in [0.25, 0.3) is 11.0 Å². The quantitative estimate of drug-likeness (QED) is 0.277. The maximum atomic E-state index is 5.64. The first-order valence-corrected chi connectivity index (χ1v) is 14.7. The van der Waals surface area contributed by atoms with Gasteiger partial charge in [-0.2, -0.15) is 0 Å².